The number of Topliss-reactive ketones (excluding diaryl/α,β-unsaturated/α-hetero) is 2. The van der Waals surface area contributed by atoms with Gasteiger partial charge in [-0.05, 0) is 86.3 Å². The van der Waals surface area contributed by atoms with Crippen molar-refractivity contribution in [2.45, 2.75) is 90.5 Å². The Morgan fingerprint density at radius 1 is 0.951 bits per heavy atom. The Hall–Kier alpha value is -4.86. The van der Waals surface area contributed by atoms with Gasteiger partial charge in [0.2, 0.25) is 17.6 Å². The van der Waals surface area contributed by atoms with Gasteiger partial charge in [0.25, 0.3) is 11.8 Å². The third-order valence-electron chi connectivity index (χ3n) is 12.3. The van der Waals surface area contributed by atoms with Crippen molar-refractivity contribution >= 4 is 35.2 Å². The molecule has 2 atom stereocenters. The van der Waals surface area contributed by atoms with Gasteiger partial charge in [-0.2, -0.15) is 0 Å². The number of likely N-dealkylation sites (tertiary alicyclic amines) is 2. The van der Waals surface area contributed by atoms with Gasteiger partial charge in [-0.3, -0.25) is 39.0 Å². The number of piperidine rings is 2. The molecule has 15 heteroatoms. The number of nitrogens with one attached hydrogen (secondary N) is 2. The van der Waals surface area contributed by atoms with Crippen molar-refractivity contribution in [3.05, 3.63) is 53.6 Å². The molecule has 334 valence electrons. The van der Waals surface area contributed by atoms with Crippen molar-refractivity contribution in [1.82, 2.24) is 20.4 Å². The predicted octanol–water partition coefficient (Wildman–Crippen LogP) is 4.03. The van der Waals surface area contributed by atoms with Crippen LogP contribution in [0.5, 0.6) is 17.2 Å². The van der Waals surface area contributed by atoms with Gasteiger partial charge < -0.3 is 33.9 Å². The van der Waals surface area contributed by atoms with E-state index in [4.69, 9.17) is 23.7 Å². The van der Waals surface area contributed by atoms with Crippen LogP contribution >= 0.6 is 0 Å². The van der Waals surface area contributed by atoms with Gasteiger partial charge in [0.15, 0.2) is 23.9 Å². The van der Waals surface area contributed by atoms with Crippen LogP contribution in [-0.4, -0.2) is 131 Å². The molecular weight excluding hydrogens is 785 g/mol. The molecule has 3 heterocycles. The molecule has 1 unspecified atom stereocenters. The molecule has 3 aliphatic rings. The van der Waals surface area contributed by atoms with Crippen molar-refractivity contribution in [2.75, 3.05) is 80.0 Å². The summed E-state index contributed by atoms with van der Waals surface area (Å²) in [6, 6.07) is 12.5. The van der Waals surface area contributed by atoms with E-state index in [-0.39, 0.29) is 42.5 Å². The fourth-order valence-electron chi connectivity index (χ4n) is 8.13. The van der Waals surface area contributed by atoms with Crippen LogP contribution in [0.3, 0.4) is 0 Å². The molecule has 3 aliphatic heterocycles. The van der Waals surface area contributed by atoms with Crippen LogP contribution in [0.25, 0.3) is 0 Å². The Morgan fingerprint density at radius 3 is 2.43 bits per heavy atom. The van der Waals surface area contributed by atoms with E-state index in [9.17, 15) is 28.8 Å². The molecule has 0 saturated carbocycles. The number of ether oxygens (including phenoxy) is 5. The van der Waals surface area contributed by atoms with E-state index in [0.29, 0.717) is 115 Å². The van der Waals surface area contributed by atoms with Gasteiger partial charge >= 0.3 is 0 Å². The van der Waals surface area contributed by atoms with Gasteiger partial charge in [0.05, 0.1) is 52.1 Å². The molecule has 61 heavy (non-hydrogen) atoms. The van der Waals surface area contributed by atoms with E-state index in [1.165, 1.54) is 4.90 Å². The second-order valence-corrected chi connectivity index (χ2v) is 17.0. The summed E-state index contributed by atoms with van der Waals surface area (Å²) >= 11 is 0. The van der Waals surface area contributed by atoms with Gasteiger partial charge in [0, 0.05) is 51.0 Å². The molecule has 3 saturated heterocycles. The summed E-state index contributed by atoms with van der Waals surface area (Å²) in [6.45, 7) is 9.42. The second kappa shape index (κ2) is 22.3. The van der Waals surface area contributed by atoms with E-state index in [1.54, 1.807) is 34.1 Å². The summed E-state index contributed by atoms with van der Waals surface area (Å²) in [5, 5.41) is 5.24. The number of nitrogens with zero attached hydrogens (tertiary/aromatic N) is 2. The normalized spacial score (nSPS) is 18.2. The maximum Gasteiger partial charge on any atom is 0.291 e. The van der Waals surface area contributed by atoms with Crippen LogP contribution in [0, 0.1) is 10.8 Å². The molecule has 0 aromatic heterocycles. The molecular formula is C46H64N4O11. The number of carbonyl (C=O) groups is 6. The number of hydrogen-bond acceptors (Lipinski definition) is 12. The number of hydrogen-bond donors (Lipinski definition) is 2. The number of amides is 4. The maximum absolute atomic E-state index is 14.2. The highest BCUT2D eigenvalue weighted by atomic mass is 16.5. The number of methoxy groups -OCH3 is 2. The number of rotatable bonds is 24. The molecule has 2 N–H and O–H groups in total. The van der Waals surface area contributed by atoms with Crippen molar-refractivity contribution in [1.29, 1.82) is 0 Å². The molecule has 0 bridgehead atoms. The molecule has 15 nitrogen and oxygen atoms in total. The lowest BCUT2D eigenvalue weighted by Gasteiger charge is -2.50. The first-order valence-electron chi connectivity index (χ1n) is 21.6. The zero-order chi connectivity index (χ0) is 44.0. The molecule has 4 amide bonds. The minimum absolute atomic E-state index is 0.0804. The van der Waals surface area contributed by atoms with Crippen molar-refractivity contribution < 1.29 is 52.5 Å². The molecule has 0 radical (unpaired) electrons. The van der Waals surface area contributed by atoms with E-state index in [0.717, 1.165) is 24.0 Å². The van der Waals surface area contributed by atoms with Crippen molar-refractivity contribution in [2.24, 2.45) is 10.8 Å². The first-order chi connectivity index (χ1) is 29.3. The molecule has 2 aromatic carbocycles. The topological polar surface area (TPSA) is 179 Å². The number of aryl methyl sites for hydroxylation is 1. The fourth-order valence-corrected chi connectivity index (χ4v) is 8.13. The van der Waals surface area contributed by atoms with Crippen LogP contribution in [-0.2, 0) is 44.7 Å². The smallest absolute Gasteiger partial charge is 0.291 e. The zero-order valence-electron chi connectivity index (χ0n) is 36.5. The predicted molar refractivity (Wildman–Crippen MR) is 227 cm³/mol. The average molecular weight is 849 g/mol. The SMILES string of the molecule is CCC(C)(C)C(=O)C(=O)N1CCCCC1C(=O)C[C@H](CCc1ccc(OC)c(OC)c1)c1cccc(OCC(=O)NCCOCCOCCN2CC3(CCC(=O)NC3=O)C2)c1. The molecule has 3 fully saturated rings. The zero-order valence-corrected chi connectivity index (χ0v) is 36.5. The molecule has 1 spiro atoms. The summed E-state index contributed by atoms with van der Waals surface area (Å²) in [4.78, 5) is 80.9. The van der Waals surface area contributed by atoms with Crippen LogP contribution in [0.1, 0.15) is 89.2 Å². The third-order valence-corrected chi connectivity index (χ3v) is 12.3. The molecule has 2 aromatic rings. The quantitative estimate of drug-likeness (QED) is 0.0882. The van der Waals surface area contributed by atoms with Crippen molar-refractivity contribution in [3.8, 4) is 17.2 Å². The summed E-state index contributed by atoms with van der Waals surface area (Å²) in [5.41, 5.74) is 0.621. The Kier molecular flexibility index (Phi) is 17.2. The van der Waals surface area contributed by atoms with E-state index >= 15 is 0 Å². The fraction of sp³-hybridized carbons (Fsp3) is 0.609. The van der Waals surface area contributed by atoms with Gasteiger partial charge in [-0.1, -0.05) is 39.0 Å². The Labute approximate surface area is 359 Å². The number of ketones is 2. The molecule has 0 aliphatic carbocycles. The van der Waals surface area contributed by atoms with Crippen LogP contribution in [0.15, 0.2) is 42.5 Å². The largest absolute Gasteiger partial charge is 0.493 e. The monoisotopic (exact) mass is 848 g/mol. The van der Waals surface area contributed by atoms with Gasteiger partial charge in [-0.25, -0.2) is 0 Å². The maximum atomic E-state index is 14.2. The van der Waals surface area contributed by atoms with E-state index in [2.05, 4.69) is 15.5 Å². The second-order valence-electron chi connectivity index (χ2n) is 17.0. The lowest BCUT2D eigenvalue weighted by Crippen LogP contribution is -2.66. The number of imide groups is 1. The summed E-state index contributed by atoms with van der Waals surface area (Å²) in [6.07, 6.45) is 4.94. The first-order valence-corrected chi connectivity index (χ1v) is 21.6. The minimum Gasteiger partial charge on any atom is -0.493 e. The summed E-state index contributed by atoms with van der Waals surface area (Å²) in [7, 11) is 3.17. The lowest BCUT2D eigenvalue weighted by molar-refractivity contribution is -0.153. The minimum atomic E-state index is -0.811. The Morgan fingerprint density at radius 2 is 1.70 bits per heavy atom. The van der Waals surface area contributed by atoms with Gasteiger partial charge in [-0.15, -0.1) is 0 Å². The van der Waals surface area contributed by atoms with E-state index < -0.39 is 28.6 Å². The summed E-state index contributed by atoms with van der Waals surface area (Å²) in [5.74, 6) is -0.333. The van der Waals surface area contributed by atoms with E-state index in [1.807, 2.05) is 43.3 Å². The first kappa shape index (κ1) is 47.2. The summed E-state index contributed by atoms with van der Waals surface area (Å²) < 4.78 is 28.1. The lowest BCUT2D eigenvalue weighted by atomic mass is 9.73. The highest BCUT2D eigenvalue weighted by Crippen LogP contribution is 2.38. The number of benzene rings is 2. The third kappa shape index (κ3) is 12.8. The Balaban J connectivity index is 1.09. The standard InChI is InChI=1S/C46H64N4O11/c1-6-45(2,3)42(54)43(55)50-20-8-7-12-36(50)37(51)28-34(15-13-32-14-16-38(57-4)39(26-32)58-5)33-10-9-11-35(27-33)61-29-41(53)47-19-22-59-24-25-60-23-21-49-30-46(31-49)18-17-40(52)48-44(46)56/h9-11,14,16,26-27,34,36H,6-8,12-13,15,17-25,28-31H2,1-5H3,(H,47,53)(H,48,52,56)/t34-,36?/m0/s1. The van der Waals surface area contributed by atoms with Crippen LogP contribution < -0.4 is 24.8 Å². The van der Waals surface area contributed by atoms with Crippen molar-refractivity contribution in [3.63, 3.8) is 0 Å². The molecule has 5 rings (SSSR count). The van der Waals surface area contributed by atoms with Crippen LogP contribution in [0.2, 0.25) is 0 Å². The highest BCUT2D eigenvalue weighted by Gasteiger charge is 2.51. The Bertz CT molecular complexity index is 1860. The van der Waals surface area contributed by atoms with Crippen LogP contribution in [0.4, 0.5) is 0 Å². The highest BCUT2D eigenvalue weighted by molar-refractivity contribution is 6.38. The average Bonchev–Trinajstić information content (AvgIpc) is 3.25. The number of carbonyl (C=O) groups excluding carboxylic acids is 6. The van der Waals surface area contributed by atoms with Gasteiger partial charge in [0.1, 0.15) is 5.75 Å².